The van der Waals surface area contributed by atoms with Gasteiger partial charge in [0, 0.05) is 18.1 Å². The monoisotopic (exact) mass is 200 g/mol. The lowest BCUT2D eigenvalue weighted by Gasteiger charge is -2.13. The van der Waals surface area contributed by atoms with Crippen molar-refractivity contribution >= 4 is 11.3 Å². The molecule has 2 atom stereocenters. The number of hydrogen-bond donors (Lipinski definition) is 2. The molecule has 0 fully saturated rings. The van der Waals surface area contributed by atoms with Crippen LogP contribution in [-0.4, -0.2) is 22.7 Å². The quantitative estimate of drug-likeness (QED) is 0.758. The molecular formula is C9H16N2OS. The lowest BCUT2D eigenvalue weighted by molar-refractivity contribution is 0.163. The number of thiazole rings is 1. The van der Waals surface area contributed by atoms with Gasteiger partial charge in [-0.05, 0) is 13.3 Å². The number of aliphatic hydroxyl groups is 1. The lowest BCUT2D eigenvalue weighted by Crippen LogP contribution is -2.28. The largest absolute Gasteiger partial charge is 0.392 e. The number of hydrogen-bond acceptors (Lipinski definition) is 4. The molecule has 1 aromatic rings. The summed E-state index contributed by atoms with van der Waals surface area (Å²) in [5, 5.41) is 15.6. The molecule has 1 rings (SSSR count). The van der Waals surface area contributed by atoms with Gasteiger partial charge in [0.15, 0.2) is 0 Å². The van der Waals surface area contributed by atoms with Crippen LogP contribution in [0.25, 0.3) is 0 Å². The molecular weight excluding hydrogens is 184 g/mol. The van der Waals surface area contributed by atoms with E-state index < -0.39 is 0 Å². The lowest BCUT2D eigenvalue weighted by atomic mass is 10.2. The van der Waals surface area contributed by atoms with E-state index in [0.29, 0.717) is 6.54 Å². The molecule has 4 heteroatoms. The Hall–Kier alpha value is -0.450. The van der Waals surface area contributed by atoms with E-state index in [2.05, 4.69) is 17.2 Å². The second kappa shape index (κ2) is 5.32. The second-order valence-corrected chi connectivity index (χ2v) is 3.99. The van der Waals surface area contributed by atoms with Gasteiger partial charge >= 0.3 is 0 Å². The minimum atomic E-state index is -0.248. The van der Waals surface area contributed by atoms with Gasteiger partial charge in [0.25, 0.3) is 0 Å². The zero-order chi connectivity index (χ0) is 9.68. The van der Waals surface area contributed by atoms with E-state index in [9.17, 15) is 5.11 Å². The molecule has 0 bridgehead atoms. The zero-order valence-corrected chi connectivity index (χ0v) is 8.84. The highest BCUT2D eigenvalue weighted by Gasteiger charge is 2.08. The van der Waals surface area contributed by atoms with E-state index in [1.54, 1.807) is 17.5 Å². The first-order valence-corrected chi connectivity index (χ1v) is 5.42. The molecule has 0 amide bonds. The molecule has 74 valence electrons. The third-order valence-electron chi connectivity index (χ3n) is 1.95. The number of nitrogens with zero attached hydrogens (tertiary/aromatic N) is 1. The minimum Gasteiger partial charge on any atom is -0.392 e. The van der Waals surface area contributed by atoms with Crippen LogP contribution in [0.4, 0.5) is 0 Å². The molecule has 13 heavy (non-hydrogen) atoms. The molecule has 0 saturated carbocycles. The van der Waals surface area contributed by atoms with Crippen LogP contribution in [0.2, 0.25) is 0 Å². The standard InChI is InChI=1S/C9H16N2OS/c1-3-8(12)6-11-7(2)9-10-4-5-13-9/h4-5,7-8,11-12H,3,6H2,1-2H3. The average molecular weight is 200 g/mol. The van der Waals surface area contributed by atoms with E-state index in [-0.39, 0.29) is 12.1 Å². The van der Waals surface area contributed by atoms with Crippen LogP contribution in [-0.2, 0) is 0 Å². The Labute approximate surface area is 82.8 Å². The summed E-state index contributed by atoms with van der Waals surface area (Å²) in [6, 6.07) is 0.237. The molecule has 2 N–H and O–H groups in total. The summed E-state index contributed by atoms with van der Waals surface area (Å²) in [4.78, 5) is 4.19. The fraction of sp³-hybridized carbons (Fsp3) is 0.667. The molecule has 0 spiro atoms. The topological polar surface area (TPSA) is 45.1 Å². The summed E-state index contributed by atoms with van der Waals surface area (Å²) < 4.78 is 0. The molecule has 3 nitrogen and oxygen atoms in total. The van der Waals surface area contributed by atoms with Gasteiger partial charge in [0.1, 0.15) is 5.01 Å². The molecule has 0 aliphatic heterocycles. The Morgan fingerprint density at radius 3 is 3.00 bits per heavy atom. The molecule has 0 saturated heterocycles. The summed E-state index contributed by atoms with van der Waals surface area (Å²) in [6.07, 6.45) is 2.34. The summed E-state index contributed by atoms with van der Waals surface area (Å²) in [7, 11) is 0. The van der Waals surface area contributed by atoms with Crippen LogP contribution >= 0.6 is 11.3 Å². The van der Waals surface area contributed by atoms with Crippen molar-refractivity contribution < 1.29 is 5.11 Å². The van der Waals surface area contributed by atoms with Crippen molar-refractivity contribution in [2.75, 3.05) is 6.54 Å². The Balaban J connectivity index is 2.30. The predicted octanol–water partition coefficient (Wildman–Crippen LogP) is 1.56. The van der Waals surface area contributed by atoms with E-state index in [0.717, 1.165) is 11.4 Å². The molecule has 0 aliphatic carbocycles. The Morgan fingerprint density at radius 1 is 1.69 bits per heavy atom. The van der Waals surface area contributed by atoms with Crippen LogP contribution in [0, 0.1) is 0 Å². The van der Waals surface area contributed by atoms with Gasteiger partial charge in [0.2, 0.25) is 0 Å². The van der Waals surface area contributed by atoms with E-state index in [1.807, 2.05) is 12.3 Å². The smallest absolute Gasteiger partial charge is 0.109 e. The van der Waals surface area contributed by atoms with Crippen LogP contribution in [0.15, 0.2) is 11.6 Å². The maximum atomic E-state index is 9.32. The van der Waals surface area contributed by atoms with Gasteiger partial charge in [-0.2, -0.15) is 0 Å². The average Bonchev–Trinajstić information content (AvgIpc) is 2.66. The number of aliphatic hydroxyl groups excluding tert-OH is 1. The molecule has 1 heterocycles. The highest BCUT2D eigenvalue weighted by Crippen LogP contribution is 2.14. The highest BCUT2D eigenvalue weighted by atomic mass is 32.1. The third kappa shape index (κ3) is 3.42. The molecule has 0 aliphatic rings. The van der Waals surface area contributed by atoms with Crippen LogP contribution in [0.3, 0.4) is 0 Å². The number of nitrogens with one attached hydrogen (secondary N) is 1. The zero-order valence-electron chi connectivity index (χ0n) is 8.03. The number of aromatic nitrogens is 1. The van der Waals surface area contributed by atoms with Gasteiger partial charge in [-0.1, -0.05) is 6.92 Å². The second-order valence-electron chi connectivity index (χ2n) is 3.06. The van der Waals surface area contributed by atoms with Crippen molar-refractivity contribution in [1.29, 1.82) is 0 Å². The van der Waals surface area contributed by atoms with Crippen LogP contribution in [0.5, 0.6) is 0 Å². The van der Waals surface area contributed by atoms with Gasteiger partial charge in [0.05, 0.1) is 12.1 Å². The Kier molecular flexibility index (Phi) is 4.35. The molecule has 0 aromatic carbocycles. The Morgan fingerprint density at radius 2 is 2.46 bits per heavy atom. The third-order valence-corrected chi connectivity index (χ3v) is 2.91. The molecule has 2 unspecified atom stereocenters. The fourth-order valence-corrected chi connectivity index (χ4v) is 1.66. The highest BCUT2D eigenvalue weighted by molar-refractivity contribution is 7.09. The summed E-state index contributed by atoms with van der Waals surface area (Å²) in [5.74, 6) is 0. The van der Waals surface area contributed by atoms with Gasteiger partial charge in [-0.25, -0.2) is 4.98 Å². The van der Waals surface area contributed by atoms with Crippen molar-refractivity contribution in [1.82, 2.24) is 10.3 Å². The van der Waals surface area contributed by atoms with Gasteiger partial charge in [-0.15, -0.1) is 11.3 Å². The first-order valence-electron chi connectivity index (χ1n) is 4.55. The SMILES string of the molecule is CCC(O)CNC(C)c1nccs1. The minimum absolute atomic E-state index is 0.237. The first kappa shape index (κ1) is 10.6. The van der Waals surface area contributed by atoms with Crippen LogP contribution in [0.1, 0.15) is 31.3 Å². The maximum Gasteiger partial charge on any atom is 0.109 e. The molecule has 0 radical (unpaired) electrons. The number of rotatable bonds is 5. The van der Waals surface area contributed by atoms with E-state index >= 15 is 0 Å². The van der Waals surface area contributed by atoms with E-state index in [1.165, 1.54) is 0 Å². The van der Waals surface area contributed by atoms with Crippen molar-refractivity contribution in [3.05, 3.63) is 16.6 Å². The predicted molar refractivity (Wildman–Crippen MR) is 54.8 cm³/mol. The first-order chi connectivity index (χ1) is 6.24. The van der Waals surface area contributed by atoms with Crippen molar-refractivity contribution in [2.24, 2.45) is 0 Å². The normalized spacial score (nSPS) is 15.6. The van der Waals surface area contributed by atoms with Crippen LogP contribution < -0.4 is 5.32 Å². The van der Waals surface area contributed by atoms with Crippen molar-refractivity contribution in [2.45, 2.75) is 32.4 Å². The van der Waals surface area contributed by atoms with Crippen molar-refractivity contribution in [3.63, 3.8) is 0 Å². The summed E-state index contributed by atoms with van der Waals surface area (Å²) in [5.41, 5.74) is 0. The molecule has 1 aromatic heterocycles. The Bertz CT molecular complexity index is 226. The van der Waals surface area contributed by atoms with Gasteiger partial charge < -0.3 is 10.4 Å². The fourth-order valence-electron chi connectivity index (χ4n) is 0.993. The van der Waals surface area contributed by atoms with Gasteiger partial charge in [-0.3, -0.25) is 0 Å². The van der Waals surface area contributed by atoms with E-state index in [4.69, 9.17) is 0 Å². The summed E-state index contributed by atoms with van der Waals surface area (Å²) >= 11 is 1.64. The maximum absolute atomic E-state index is 9.32. The van der Waals surface area contributed by atoms with Crippen molar-refractivity contribution in [3.8, 4) is 0 Å². The summed E-state index contributed by atoms with van der Waals surface area (Å²) in [6.45, 7) is 4.67.